The molecule has 1 amide bonds. The van der Waals surface area contributed by atoms with E-state index in [4.69, 9.17) is 0 Å². The Morgan fingerprint density at radius 1 is 1.18 bits per heavy atom. The molecule has 0 saturated heterocycles. The third kappa shape index (κ3) is 7.38. The smallest absolute Gasteiger partial charge is 0.233 e. The third-order valence-corrected chi connectivity index (χ3v) is 4.38. The summed E-state index contributed by atoms with van der Waals surface area (Å²) in [4.78, 5) is 11.7. The van der Waals surface area contributed by atoms with Crippen LogP contribution in [-0.4, -0.2) is 26.9 Å². The Morgan fingerprint density at radius 2 is 1.82 bits per heavy atom. The fourth-order valence-corrected chi connectivity index (χ4v) is 2.40. The Labute approximate surface area is 132 Å². The Balaban J connectivity index is 2.40. The maximum atomic E-state index is 11.8. The summed E-state index contributed by atoms with van der Waals surface area (Å²) in [7, 11) is -3.53. The summed E-state index contributed by atoms with van der Waals surface area (Å²) >= 11 is 0. The van der Waals surface area contributed by atoms with Crippen molar-refractivity contribution in [2.75, 3.05) is 6.54 Å². The number of hydrogen-bond acceptors (Lipinski definition) is 3. The molecule has 0 aromatic heterocycles. The molecule has 0 radical (unpaired) electrons. The van der Waals surface area contributed by atoms with Gasteiger partial charge in [-0.1, -0.05) is 44.2 Å². The number of hydrogen-bond donors (Lipinski definition) is 2. The zero-order chi connectivity index (χ0) is 16.6. The Kier molecular flexibility index (Phi) is 7.27. The van der Waals surface area contributed by atoms with Crippen molar-refractivity contribution in [3.8, 4) is 0 Å². The van der Waals surface area contributed by atoms with Gasteiger partial charge in [-0.25, -0.2) is 13.1 Å². The van der Waals surface area contributed by atoms with Crippen LogP contribution >= 0.6 is 0 Å². The highest BCUT2D eigenvalue weighted by molar-refractivity contribution is 7.92. The summed E-state index contributed by atoms with van der Waals surface area (Å²) in [5.41, 5.74) is 0.802. The van der Waals surface area contributed by atoms with E-state index in [1.54, 1.807) is 0 Å². The molecule has 122 valence electrons. The zero-order valence-electron chi connectivity index (χ0n) is 13.2. The van der Waals surface area contributed by atoms with Crippen LogP contribution < -0.4 is 10.0 Å². The minimum Gasteiger partial charge on any atom is -0.353 e. The van der Waals surface area contributed by atoms with Crippen molar-refractivity contribution in [1.29, 1.82) is 0 Å². The molecule has 1 rings (SSSR count). The Morgan fingerprint density at radius 3 is 2.41 bits per heavy atom. The van der Waals surface area contributed by atoms with Gasteiger partial charge in [0.2, 0.25) is 15.9 Å². The highest BCUT2D eigenvalue weighted by Crippen LogP contribution is 2.03. The van der Waals surface area contributed by atoms with Crippen molar-refractivity contribution >= 4 is 22.0 Å². The van der Waals surface area contributed by atoms with Gasteiger partial charge in [0, 0.05) is 24.4 Å². The topological polar surface area (TPSA) is 75.3 Å². The van der Waals surface area contributed by atoms with Gasteiger partial charge in [0.15, 0.2) is 0 Å². The SMILES string of the molecule is CC(C)C(C)NC(=O)CCNS(=O)(=O)C=Cc1ccccc1. The van der Waals surface area contributed by atoms with Gasteiger partial charge in [-0.05, 0) is 24.5 Å². The molecule has 0 saturated carbocycles. The molecule has 0 spiro atoms. The zero-order valence-corrected chi connectivity index (χ0v) is 14.1. The van der Waals surface area contributed by atoms with Crippen LogP contribution in [0.15, 0.2) is 35.7 Å². The average Bonchev–Trinajstić information content (AvgIpc) is 2.46. The first kappa shape index (κ1) is 18.4. The molecule has 6 heteroatoms. The molecule has 0 fully saturated rings. The van der Waals surface area contributed by atoms with Gasteiger partial charge in [-0.3, -0.25) is 4.79 Å². The number of amides is 1. The van der Waals surface area contributed by atoms with Gasteiger partial charge in [-0.2, -0.15) is 0 Å². The van der Waals surface area contributed by atoms with E-state index >= 15 is 0 Å². The third-order valence-electron chi connectivity index (χ3n) is 3.28. The normalized spacial score (nSPS) is 13.5. The second kappa shape index (κ2) is 8.70. The second-order valence-corrected chi connectivity index (χ2v) is 7.15. The molecule has 1 aromatic carbocycles. The second-order valence-electron chi connectivity index (χ2n) is 5.50. The van der Waals surface area contributed by atoms with E-state index in [-0.39, 0.29) is 24.9 Å². The van der Waals surface area contributed by atoms with E-state index in [1.165, 1.54) is 6.08 Å². The van der Waals surface area contributed by atoms with Crippen LogP contribution in [0.2, 0.25) is 0 Å². The standard InChI is InChI=1S/C16H24N2O3S/c1-13(2)14(3)18-16(19)9-11-17-22(20,21)12-10-15-7-5-4-6-8-15/h4-8,10,12-14,17H,9,11H2,1-3H3,(H,18,19). The summed E-state index contributed by atoms with van der Waals surface area (Å²) in [6, 6.07) is 9.22. The molecule has 1 aromatic rings. The van der Waals surface area contributed by atoms with Crippen LogP contribution in [0.3, 0.4) is 0 Å². The molecule has 5 nitrogen and oxygen atoms in total. The highest BCUT2D eigenvalue weighted by atomic mass is 32.2. The maximum absolute atomic E-state index is 11.8. The summed E-state index contributed by atoms with van der Waals surface area (Å²) in [5, 5.41) is 3.94. The molecule has 0 bridgehead atoms. The van der Waals surface area contributed by atoms with Crippen molar-refractivity contribution in [2.45, 2.75) is 33.2 Å². The monoisotopic (exact) mass is 324 g/mol. The number of rotatable bonds is 8. The first-order valence-electron chi connectivity index (χ1n) is 7.32. The lowest BCUT2D eigenvalue weighted by Crippen LogP contribution is -2.37. The van der Waals surface area contributed by atoms with Crippen LogP contribution in [0.5, 0.6) is 0 Å². The molecule has 0 heterocycles. The molecule has 1 unspecified atom stereocenters. The largest absolute Gasteiger partial charge is 0.353 e. The fraction of sp³-hybridized carbons (Fsp3) is 0.438. The van der Waals surface area contributed by atoms with Crippen LogP contribution in [0.1, 0.15) is 32.8 Å². The number of carbonyl (C=O) groups is 1. The number of sulfonamides is 1. The van der Waals surface area contributed by atoms with Gasteiger partial charge >= 0.3 is 0 Å². The van der Waals surface area contributed by atoms with Crippen LogP contribution in [-0.2, 0) is 14.8 Å². The quantitative estimate of drug-likeness (QED) is 0.769. The van der Waals surface area contributed by atoms with Gasteiger partial charge in [0.05, 0.1) is 0 Å². The molecule has 22 heavy (non-hydrogen) atoms. The first-order valence-corrected chi connectivity index (χ1v) is 8.87. The van der Waals surface area contributed by atoms with Crippen LogP contribution in [0, 0.1) is 5.92 Å². The van der Waals surface area contributed by atoms with E-state index in [1.807, 2.05) is 51.1 Å². The average molecular weight is 324 g/mol. The molecule has 0 aliphatic carbocycles. The Bertz CT molecular complexity index is 595. The van der Waals surface area contributed by atoms with Crippen LogP contribution in [0.25, 0.3) is 6.08 Å². The van der Waals surface area contributed by atoms with E-state index in [9.17, 15) is 13.2 Å². The van der Waals surface area contributed by atoms with Crippen molar-refractivity contribution in [1.82, 2.24) is 10.0 Å². The lowest BCUT2D eigenvalue weighted by Gasteiger charge is -2.17. The maximum Gasteiger partial charge on any atom is 0.233 e. The van der Waals surface area contributed by atoms with E-state index in [0.29, 0.717) is 5.92 Å². The predicted molar refractivity (Wildman–Crippen MR) is 89.5 cm³/mol. The van der Waals surface area contributed by atoms with Crippen LogP contribution in [0.4, 0.5) is 0 Å². The summed E-state index contributed by atoms with van der Waals surface area (Å²) < 4.78 is 26.0. The first-order chi connectivity index (χ1) is 10.3. The summed E-state index contributed by atoms with van der Waals surface area (Å²) in [6.45, 7) is 6.04. The number of nitrogens with one attached hydrogen (secondary N) is 2. The molecular weight excluding hydrogens is 300 g/mol. The minimum absolute atomic E-state index is 0.0714. The van der Waals surface area contributed by atoms with Gasteiger partial charge in [-0.15, -0.1) is 0 Å². The van der Waals surface area contributed by atoms with Crippen molar-refractivity contribution in [3.63, 3.8) is 0 Å². The van der Waals surface area contributed by atoms with E-state index in [2.05, 4.69) is 10.0 Å². The van der Waals surface area contributed by atoms with Gasteiger partial charge in [0.25, 0.3) is 0 Å². The van der Waals surface area contributed by atoms with Crippen molar-refractivity contribution in [3.05, 3.63) is 41.3 Å². The lowest BCUT2D eigenvalue weighted by molar-refractivity contribution is -0.121. The fourth-order valence-electron chi connectivity index (χ4n) is 1.58. The van der Waals surface area contributed by atoms with Gasteiger partial charge in [0.1, 0.15) is 0 Å². The molecule has 2 N–H and O–H groups in total. The van der Waals surface area contributed by atoms with E-state index < -0.39 is 10.0 Å². The number of carbonyl (C=O) groups excluding carboxylic acids is 1. The molecule has 0 aliphatic rings. The Hall–Kier alpha value is -1.66. The van der Waals surface area contributed by atoms with E-state index in [0.717, 1.165) is 11.0 Å². The van der Waals surface area contributed by atoms with Gasteiger partial charge < -0.3 is 5.32 Å². The molecule has 1 atom stereocenters. The highest BCUT2D eigenvalue weighted by Gasteiger charge is 2.11. The van der Waals surface area contributed by atoms with Crippen molar-refractivity contribution in [2.24, 2.45) is 5.92 Å². The lowest BCUT2D eigenvalue weighted by atomic mass is 10.1. The van der Waals surface area contributed by atoms with Crippen molar-refractivity contribution < 1.29 is 13.2 Å². The summed E-state index contributed by atoms with van der Waals surface area (Å²) in [6.07, 6.45) is 1.64. The number of benzene rings is 1. The molecule has 0 aliphatic heterocycles. The predicted octanol–water partition coefficient (Wildman–Crippen LogP) is 2.13. The summed E-state index contributed by atoms with van der Waals surface area (Å²) in [5.74, 6) is 0.186. The molecular formula is C16H24N2O3S. The minimum atomic E-state index is -3.53.